The van der Waals surface area contributed by atoms with Crippen molar-refractivity contribution in [1.82, 2.24) is 9.80 Å². The maximum Gasteiger partial charge on any atom is 0.0645 e. The normalized spacial score (nSPS) is 22.2. The minimum atomic E-state index is 0.336. The average Bonchev–Trinajstić information content (AvgIpc) is 2.32. The number of hydrogen-bond acceptors (Lipinski definition) is 3. The van der Waals surface area contributed by atoms with Crippen LogP contribution in [0.25, 0.3) is 0 Å². The maximum atomic E-state index is 5.23. The summed E-state index contributed by atoms with van der Waals surface area (Å²) in [6, 6.07) is 0.720. The van der Waals surface area contributed by atoms with Crippen molar-refractivity contribution in [2.24, 2.45) is 0 Å². The lowest BCUT2D eigenvalue weighted by atomic mass is 10.0. The molecule has 0 unspecified atom stereocenters. The molecule has 3 heteroatoms. The summed E-state index contributed by atoms with van der Waals surface area (Å²) in [7, 11) is 0. The quantitative estimate of drug-likeness (QED) is 0.719. The van der Waals surface area contributed by atoms with Crippen molar-refractivity contribution in [2.45, 2.75) is 60.0 Å². The van der Waals surface area contributed by atoms with Gasteiger partial charge in [-0.3, -0.25) is 9.80 Å². The summed E-state index contributed by atoms with van der Waals surface area (Å²) in [5.41, 5.74) is 0.336. The third-order valence-corrected chi connectivity index (χ3v) is 3.40. The van der Waals surface area contributed by atoms with Gasteiger partial charge in [-0.05, 0) is 20.8 Å². The van der Waals surface area contributed by atoms with Crippen LogP contribution in [-0.2, 0) is 4.74 Å². The van der Waals surface area contributed by atoms with Crippen molar-refractivity contribution < 1.29 is 4.74 Å². The van der Waals surface area contributed by atoms with Crippen LogP contribution < -0.4 is 0 Å². The molecule has 0 spiro atoms. The molecule has 2 heterocycles. The Kier molecular flexibility index (Phi) is 8.83. The maximum absolute atomic E-state index is 5.23. The summed E-state index contributed by atoms with van der Waals surface area (Å²) in [6.45, 7) is 21.7. The molecule has 0 atom stereocenters. The van der Waals surface area contributed by atoms with E-state index in [0.717, 1.165) is 19.3 Å². The Labute approximate surface area is 114 Å². The van der Waals surface area contributed by atoms with Gasteiger partial charge in [-0.25, -0.2) is 0 Å². The van der Waals surface area contributed by atoms with E-state index in [4.69, 9.17) is 4.74 Å². The van der Waals surface area contributed by atoms with Gasteiger partial charge < -0.3 is 4.74 Å². The van der Waals surface area contributed by atoms with Gasteiger partial charge in [-0.15, -0.1) is 0 Å². The van der Waals surface area contributed by atoms with Gasteiger partial charge in [0, 0.05) is 31.7 Å². The molecule has 18 heavy (non-hydrogen) atoms. The van der Waals surface area contributed by atoms with Crippen LogP contribution in [0.2, 0.25) is 0 Å². The zero-order valence-corrected chi connectivity index (χ0v) is 13.6. The molecule has 2 aliphatic rings. The summed E-state index contributed by atoms with van der Waals surface area (Å²) in [6.07, 6.45) is 0. The molecule has 2 aliphatic heterocycles. The van der Waals surface area contributed by atoms with Crippen LogP contribution in [-0.4, -0.2) is 60.8 Å². The number of ether oxygens (including phenoxy) is 1. The molecular weight excluding hydrogens is 224 g/mol. The van der Waals surface area contributed by atoms with E-state index < -0.39 is 0 Å². The zero-order valence-electron chi connectivity index (χ0n) is 13.6. The lowest BCUT2D eigenvalue weighted by molar-refractivity contribution is -0.0830. The van der Waals surface area contributed by atoms with Gasteiger partial charge in [-0.1, -0.05) is 27.7 Å². The Bertz CT molecular complexity index is 189. The van der Waals surface area contributed by atoms with Crippen molar-refractivity contribution in [1.29, 1.82) is 0 Å². The van der Waals surface area contributed by atoms with Gasteiger partial charge in [0.25, 0.3) is 0 Å². The predicted molar refractivity (Wildman–Crippen MR) is 80.2 cm³/mol. The largest absolute Gasteiger partial charge is 0.378 e. The topological polar surface area (TPSA) is 15.7 Å². The molecule has 0 aromatic rings. The molecule has 0 aromatic heterocycles. The highest BCUT2D eigenvalue weighted by molar-refractivity contribution is 4.86. The first-order chi connectivity index (χ1) is 8.57. The van der Waals surface area contributed by atoms with E-state index in [1.807, 2.05) is 27.7 Å². The van der Waals surface area contributed by atoms with Gasteiger partial charge in [0.05, 0.1) is 19.3 Å². The molecule has 0 N–H and O–H groups in total. The van der Waals surface area contributed by atoms with Crippen molar-refractivity contribution in [2.75, 3.05) is 39.4 Å². The molecule has 2 fully saturated rings. The van der Waals surface area contributed by atoms with E-state index >= 15 is 0 Å². The molecule has 0 aliphatic carbocycles. The van der Waals surface area contributed by atoms with Crippen LogP contribution in [0.5, 0.6) is 0 Å². The van der Waals surface area contributed by atoms with Crippen molar-refractivity contribution in [3.8, 4) is 0 Å². The first kappa shape index (κ1) is 17.9. The molecular formula is C15H34N2O. The summed E-state index contributed by atoms with van der Waals surface area (Å²) in [5.74, 6) is 0. The highest BCUT2D eigenvalue weighted by atomic mass is 16.5. The van der Waals surface area contributed by atoms with E-state index in [1.54, 1.807) is 0 Å². The molecule has 0 radical (unpaired) electrons. The van der Waals surface area contributed by atoms with Gasteiger partial charge >= 0.3 is 0 Å². The summed E-state index contributed by atoms with van der Waals surface area (Å²) in [4.78, 5) is 5.15. The number of rotatable bonds is 1. The molecule has 0 amide bonds. The Balaban J connectivity index is 0.000000659. The first-order valence-corrected chi connectivity index (χ1v) is 7.64. The Morgan fingerprint density at radius 1 is 0.833 bits per heavy atom. The van der Waals surface area contributed by atoms with Crippen LogP contribution in [0.15, 0.2) is 0 Å². The highest BCUT2D eigenvalue weighted by Crippen LogP contribution is 2.18. The molecule has 3 nitrogen and oxygen atoms in total. The van der Waals surface area contributed by atoms with Gasteiger partial charge in [0.2, 0.25) is 0 Å². The van der Waals surface area contributed by atoms with E-state index in [2.05, 4.69) is 30.6 Å². The van der Waals surface area contributed by atoms with Crippen molar-refractivity contribution in [3.05, 3.63) is 0 Å². The summed E-state index contributed by atoms with van der Waals surface area (Å²) < 4.78 is 5.23. The van der Waals surface area contributed by atoms with Crippen LogP contribution in [0.4, 0.5) is 0 Å². The first-order valence-electron chi connectivity index (χ1n) is 7.64. The Morgan fingerprint density at radius 2 is 1.28 bits per heavy atom. The van der Waals surface area contributed by atoms with E-state index in [9.17, 15) is 0 Å². The monoisotopic (exact) mass is 258 g/mol. The van der Waals surface area contributed by atoms with Crippen molar-refractivity contribution >= 4 is 0 Å². The van der Waals surface area contributed by atoms with Crippen LogP contribution in [0.1, 0.15) is 48.5 Å². The van der Waals surface area contributed by atoms with Gasteiger partial charge in [0.15, 0.2) is 0 Å². The fourth-order valence-corrected chi connectivity index (χ4v) is 2.19. The van der Waals surface area contributed by atoms with Gasteiger partial charge in [0.1, 0.15) is 0 Å². The second-order valence-electron chi connectivity index (χ2n) is 5.39. The van der Waals surface area contributed by atoms with Crippen molar-refractivity contribution in [3.63, 3.8) is 0 Å². The fraction of sp³-hybridized carbons (Fsp3) is 1.00. The lowest BCUT2D eigenvalue weighted by Gasteiger charge is -2.46. The van der Waals surface area contributed by atoms with Crippen LogP contribution in [0, 0.1) is 0 Å². The Hall–Kier alpha value is -0.120. The molecule has 2 rings (SSSR count). The van der Waals surface area contributed by atoms with E-state index in [1.165, 1.54) is 26.2 Å². The van der Waals surface area contributed by atoms with E-state index in [0.29, 0.717) is 5.54 Å². The molecule has 0 saturated carbocycles. The van der Waals surface area contributed by atoms with Crippen LogP contribution in [0.3, 0.4) is 0 Å². The fourth-order valence-electron chi connectivity index (χ4n) is 2.19. The highest BCUT2D eigenvalue weighted by Gasteiger charge is 2.31. The minimum absolute atomic E-state index is 0.336. The smallest absolute Gasteiger partial charge is 0.0645 e. The molecule has 110 valence electrons. The average molecular weight is 258 g/mol. The summed E-state index contributed by atoms with van der Waals surface area (Å²) >= 11 is 0. The van der Waals surface area contributed by atoms with E-state index in [-0.39, 0.29) is 0 Å². The molecule has 0 aromatic carbocycles. The standard InChI is InChI=1S/C11H22N2O.2C2H6/c1-11(2,3)13-6-4-12(5-7-13)10-8-14-9-10;2*1-2/h10H,4-9H2,1-3H3;2*1-2H3. The predicted octanol–water partition coefficient (Wildman–Crippen LogP) is 2.85. The third kappa shape index (κ3) is 5.25. The zero-order chi connectivity index (χ0) is 14.2. The Morgan fingerprint density at radius 3 is 1.56 bits per heavy atom. The number of hydrogen-bond donors (Lipinski definition) is 0. The van der Waals surface area contributed by atoms with Crippen LogP contribution >= 0.6 is 0 Å². The molecule has 0 bridgehead atoms. The minimum Gasteiger partial charge on any atom is -0.378 e. The van der Waals surface area contributed by atoms with Gasteiger partial charge in [-0.2, -0.15) is 0 Å². The SMILES string of the molecule is CC.CC.CC(C)(C)N1CCN(C2COC2)CC1. The molecule has 2 saturated heterocycles. The lowest BCUT2D eigenvalue weighted by Crippen LogP contribution is -2.59. The third-order valence-electron chi connectivity index (χ3n) is 3.40. The number of nitrogens with zero attached hydrogens (tertiary/aromatic N) is 2. The second kappa shape index (κ2) is 8.89. The number of piperazine rings is 1. The second-order valence-corrected chi connectivity index (χ2v) is 5.39. The summed E-state index contributed by atoms with van der Waals surface area (Å²) in [5, 5.41) is 0.